The summed E-state index contributed by atoms with van der Waals surface area (Å²) in [5.74, 6) is 8.51. The number of nitrogens with two attached hydrogens (primary N) is 1. The fraction of sp³-hybridized carbons (Fsp3) is 0.211. The molecule has 0 radical (unpaired) electrons. The molecule has 3 aromatic heterocycles. The molecule has 10 heteroatoms. The van der Waals surface area contributed by atoms with Gasteiger partial charge in [0.1, 0.15) is 23.3 Å². The molecular formula is C19H19N7O3. The first-order valence-corrected chi connectivity index (χ1v) is 9.07. The van der Waals surface area contributed by atoms with Gasteiger partial charge in [-0.15, -0.1) is 0 Å². The minimum atomic E-state index is -0.330. The van der Waals surface area contributed by atoms with Crippen LogP contribution >= 0.6 is 0 Å². The summed E-state index contributed by atoms with van der Waals surface area (Å²) in [6.07, 6.45) is 1.25. The highest BCUT2D eigenvalue weighted by atomic mass is 16.5. The lowest BCUT2D eigenvalue weighted by atomic mass is 10.1. The number of nitrogens with one attached hydrogen (secondary N) is 1. The van der Waals surface area contributed by atoms with E-state index in [2.05, 4.69) is 15.1 Å². The standard InChI is InChI=1S/C19H19N7O3/c1-11-21-15(14-4-3-9-29-14)16-17(25(11)20)22-18-24(19(27)23-26(16)18)10-12-5-7-13(28-2)8-6-12/h3-9,11H,10,20H2,1-2H3,(H,23,27). The van der Waals surface area contributed by atoms with E-state index in [0.29, 0.717) is 35.3 Å². The Kier molecular flexibility index (Phi) is 3.81. The number of aliphatic imine (C=N–C) groups is 1. The second-order valence-electron chi connectivity index (χ2n) is 6.76. The Morgan fingerprint density at radius 2 is 2.07 bits per heavy atom. The zero-order valence-corrected chi connectivity index (χ0v) is 15.9. The fourth-order valence-electron chi connectivity index (χ4n) is 3.46. The van der Waals surface area contributed by atoms with E-state index in [1.54, 1.807) is 28.5 Å². The third-order valence-electron chi connectivity index (χ3n) is 4.98. The Hall–Kier alpha value is -3.79. The summed E-state index contributed by atoms with van der Waals surface area (Å²) in [6.45, 7) is 2.21. The molecule has 0 amide bonds. The van der Waals surface area contributed by atoms with Crippen LogP contribution in [0.15, 0.2) is 56.9 Å². The molecule has 3 N–H and O–H groups in total. The SMILES string of the molecule is COc1ccc(Cn2c(=O)[nH]n3c4c(nc23)N(N)C(C)N=C4c2ccco2)cc1. The zero-order chi connectivity index (χ0) is 20.1. The van der Waals surface area contributed by atoms with Crippen LogP contribution < -0.4 is 21.3 Å². The van der Waals surface area contributed by atoms with Crippen LogP contribution in [-0.2, 0) is 6.54 Å². The van der Waals surface area contributed by atoms with Gasteiger partial charge in [-0.3, -0.25) is 14.6 Å². The highest BCUT2D eigenvalue weighted by Crippen LogP contribution is 2.29. The maximum atomic E-state index is 12.7. The number of hydrazine groups is 1. The van der Waals surface area contributed by atoms with Crippen molar-refractivity contribution in [3.8, 4) is 5.75 Å². The van der Waals surface area contributed by atoms with Gasteiger partial charge in [0, 0.05) is 0 Å². The van der Waals surface area contributed by atoms with Crippen molar-refractivity contribution < 1.29 is 9.15 Å². The average molecular weight is 393 g/mol. The third kappa shape index (κ3) is 2.64. The van der Waals surface area contributed by atoms with Gasteiger partial charge >= 0.3 is 5.69 Å². The van der Waals surface area contributed by atoms with E-state index in [0.717, 1.165) is 11.3 Å². The smallest absolute Gasteiger partial charge is 0.343 e. The Balaban J connectivity index is 1.65. The summed E-state index contributed by atoms with van der Waals surface area (Å²) in [4.78, 5) is 21.9. The van der Waals surface area contributed by atoms with E-state index in [1.807, 2.05) is 37.3 Å². The van der Waals surface area contributed by atoms with Crippen LogP contribution in [0.3, 0.4) is 0 Å². The maximum absolute atomic E-state index is 12.7. The molecule has 1 aliphatic rings. The van der Waals surface area contributed by atoms with Crippen molar-refractivity contribution in [3.63, 3.8) is 0 Å². The molecule has 0 spiro atoms. The zero-order valence-electron chi connectivity index (χ0n) is 15.9. The first kappa shape index (κ1) is 17.3. The number of furan rings is 1. The summed E-state index contributed by atoms with van der Waals surface area (Å²) >= 11 is 0. The van der Waals surface area contributed by atoms with Crippen LogP contribution in [0, 0.1) is 0 Å². The molecule has 4 heterocycles. The van der Waals surface area contributed by atoms with Crippen LogP contribution in [0.2, 0.25) is 0 Å². The second kappa shape index (κ2) is 6.38. The number of ether oxygens (including phenoxy) is 1. The molecule has 1 aliphatic heterocycles. The normalized spacial score (nSPS) is 16.2. The number of nitrogens with zero attached hydrogens (tertiary/aromatic N) is 5. The number of aromatic amines is 1. The molecule has 29 heavy (non-hydrogen) atoms. The molecule has 0 fully saturated rings. The molecular weight excluding hydrogens is 374 g/mol. The lowest BCUT2D eigenvalue weighted by Crippen LogP contribution is -2.43. The van der Waals surface area contributed by atoms with Crippen molar-refractivity contribution in [1.82, 2.24) is 19.2 Å². The molecule has 10 nitrogen and oxygen atoms in total. The van der Waals surface area contributed by atoms with E-state index >= 15 is 0 Å². The number of hydrogen-bond donors (Lipinski definition) is 2. The maximum Gasteiger partial charge on any atom is 0.343 e. The number of benzene rings is 1. The molecule has 148 valence electrons. The summed E-state index contributed by atoms with van der Waals surface area (Å²) < 4.78 is 13.9. The van der Waals surface area contributed by atoms with Gasteiger partial charge in [-0.25, -0.2) is 20.3 Å². The van der Waals surface area contributed by atoms with Gasteiger partial charge in [-0.05, 0) is 36.8 Å². The van der Waals surface area contributed by atoms with E-state index < -0.39 is 0 Å². The van der Waals surface area contributed by atoms with Gasteiger partial charge in [-0.1, -0.05) is 12.1 Å². The summed E-state index contributed by atoms with van der Waals surface area (Å²) in [5, 5.41) is 4.31. The largest absolute Gasteiger partial charge is 0.497 e. The van der Waals surface area contributed by atoms with Crippen molar-refractivity contribution in [2.75, 3.05) is 12.1 Å². The minimum Gasteiger partial charge on any atom is -0.497 e. The summed E-state index contributed by atoms with van der Waals surface area (Å²) in [6, 6.07) is 11.1. The highest BCUT2D eigenvalue weighted by molar-refractivity contribution is 6.14. The number of rotatable bonds is 4. The number of fused-ring (bicyclic) bond motifs is 3. The van der Waals surface area contributed by atoms with Gasteiger partial charge in [0.15, 0.2) is 11.6 Å². The molecule has 0 saturated heterocycles. The molecule has 0 bridgehead atoms. The van der Waals surface area contributed by atoms with Crippen molar-refractivity contribution in [2.45, 2.75) is 19.6 Å². The number of imidazole rings is 1. The summed E-state index contributed by atoms with van der Waals surface area (Å²) in [5.41, 5.74) is 1.83. The van der Waals surface area contributed by atoms with E-state index in [4.69, 9.17) is 15.0 Å². The van der Waals surface area contributed by atoms with Gasteiger partial charge < -0.3 is 9.15 Å². The van der Waals surface area contributed by atoms with Crippen LogP contribution in [0.5, 0.6) is 5.75 Å². The first-order valence-electron chi connectivity index (χ1n) is 9.07. The Bertz CT molecular complexity index is 1260. The van der Waals surface area contributed by atoms with Crippen LogP contribution in [0.4, 0.5) is 5.82 Å². The van der Waals surface area contributed by atoms with E-state index in [1.165, 1.54) is 5.01 Å². The van der Waals surface area contributed by atoms with Gasteiger partial charge in [0.2, 0.25) is 5.78 Å². The van der Waals surface area contributed by atoms with Crippen molar-refractivity contribution in [3.05, 3.63) is 70.2 Å². The number of methoxy groups -OCH3 is 1. The Labute approximate surface area is 164 Å². The van der Waals surface area contributed by atoms with Crippen molar-refractivity contribution in [1.29, 1.82) is 0 Å². The van der Waals surface area contributed by atoms with E-state index in [-0.39, 0.29) is 11.9 Å². The van der Waals surface area contributed by atoms with Crippen LogP contribution in [0.25, 0.3) is 5.78 Å². The molecule has 0 saturated carbocycles. The Morgan fingerprint density at radius 3 is 2.76 bits per heavy atom. The van der Waals surface area contributed by atoms with Crippen molar-refractivity contribution >= 4 is 17.3 Å². The number of anilines is 1. The summed E-state index contributed by atoms with van der Waals surface area (Å²) in [7, 11) is 1.61. The number of aromatic nitrogens is 4. The predicted molar refractivity (Wildman–Crippen MR) is 106 cm³/mol. The average Bonchev–Trinajstić information content (AvgIpc) is 3.44. The van der Waals surface area contributed by atoms with Gasteiger partial charge in [0.05, 0.1) is 19.9 Å². The van der Waals surface area contributed by atoms with Gasteiger partial charge in [-0.2, -0.15) is 4.98 Å². The number of H-pyrrole nitrogens is 1. The molecule has 1 unspecified atom stereocenters. The van der Waals surface area contributed by atoms with Gasteiger partial charge in [0.25, 0.3) is 0 Å². The fourth-order valence-corrected chi connectivity index (χ4v) is 3.46. The third-order valence-corrected chi connectivity index (χ3v) is 4.98. The Morgan fingerprint density at radius 1 is 1.28 bits per heavy atom. The first-order chi connectivity index (χ1) is 14.1. The lowest BCUT2D eigenvalue weighted by Gasteiger charge is -2.26. The van der Waals surface area contributed by atoms with Crippen LogP contribution in [-0.4, -0.2) is 38.2 Å². The number of hydrogen-bond acceptors (Lipinski definition) is 7. The highest BCUT2D eigenvalue weighted by Gasteiger charge is 2.32. The lowest BCUT2D eigenvalue weighted by molar-refractivity contribution is 0.414. The van der Waals surface area contributed by atoms with Crippen molar-refractivity contribution in [2.24, 2.45) is 10.8 Å². The topological polar surface area (TPSA) is 119 Å². The quantitative estimate of drug-likeness (QED) is 0.505. The monoisotopic (exact) mass is 393 g/mol. The van der Waals surface area contributed by atoms with E-state index in [9.17, 15) is 4.79 Å². The van der Waals surface area contributed by atoms with Crippen LogP contribution in [0.1, 0.15) is 23.9 Å². The molecule has 1 atom stereocenters. The molecule has 4 aromatic rings. The predicted octanol–water partition coefficient (Wildman–Crippen LogP) is 1.35. The molecule has 5 rings (SSSR count). The molecule has 1 aromatic carbocycles. The minimum absolute atomic E-state index is 0.285. The molecule has 0 aliphatic carbocycles. The second-order valence-corrected chi connectivity index (χ2v) is 6.76.